The molecule has 2 N–H and O–H groups in total. The van der Waals surface area contributed by atoms with E-state index in [0.29, 0.717) is 0 Å². The van der Waals surface area contributed by atoms with Crippen molar-refractivity contribution in [3.8, 4) is 0 Å². The summed E-state index contributed by atoms with van der Waals surface area (Å²) in [6, 6.07) is 6.04. The Morgan fingerprint density at radius 3 is 1.94 bits per heavy atom. The Bertz CT molecular complexity index is 403. The topological polar surface area (TPSA) is 43.4 Å². The van der Waals surface area contributed by atoms with Gasteiger partial charge in [-0.25, -0.2) is 4.98 Å². The average molecular weight is 215 g/mol. The van der Waals surface area contributed by atoms with Crippen LogP contribution in [0.1, 0.15) is 0 Å². The van der Waals surface area contributed by atoms with E-state index in [0.717, 1.165) is 25.0 Å². The normalized spacial score (nSPS) is 17.8. The molecular formula is C11H13N5. The molecule has 0 aliphatic carbocycles. The number of anilines is 2. The van der Waals surface area contributed by atoms with E-state index in [1.54, 1.807) is 0 Å². The Morgan fingerprint density at radius 1 is 0.938 bits per heavy atom. The number of hydrogen-bond donors (Lipinski definition) is 2. The second-order valence-corrected chi connectivity index (χ2v) is 3.65. The van der Waals surface area contributed by atoms with Crippen molar-refractivity contribution >= 4 is 11.6 Å². The zero-order chi connectivity index (χ0) is 10.8. The number of nitrogens with zero attached hydrogens (tertiary/aromatic N) is 3. The monoisotopic (exact) mass is 215 g/mol. The fraction of sp³-hybridized carbons (Fsp3) is 0.182. The Balaban J connectivity index is 1.87. The molecule has 0 amide bonds. The van der Waals surface area contributed by atoms with Crippen LogP contribution >= 0.6 is 0 Å². The van der Waals surface area contributed by atoms with Crippen LogP contribution in [0.5, 0.6) is 0 Å². The molecule has 0 atom stereocenters. The van der Waals surface area contributed by atoms with Crippen LogP contribution in [0.3, 0.4) is 0 Å². The highest BCUT2D eigenvalue weighted by atomic mass is 15.3. The molecule has 0 spiro atoms. The van der Waals surface area contributed by atoms with Gasteiger partial charge in [-0.3, -0.25) is 0 Å². The molecule has 2 aliphatic heterocycles. The molecule has 1 aromatic rings. The first kappa shape index (κ1) is 9.08. The molecule has 0 saturated heterocycles. The third-order valence-electron chi connectivity index (χ3n) is 2.58. The smallest absolute Gasteiger partial charge is 0.136 e. The highest BCUT2D eigenvalue weighted by molar-refractivity contribution is 5.52. The van der Waals surface area contributed by atoms with E-state index in [2.05, 4.69) is 25.4 Å². The van der Waals surface area contributed by atoms with E-state index in [1.807, 2.05) is 43.0 Å². The second-order valence-electron chi connectivity index (χ2n) is 3.65. The molecule has 0 radical (unpaired) electrons. The summed E-state index contributed by atoms with van der Waals surface area (Å²) < 4.78 is 0. The molecule has 5 nitrogen and oxygen atoms in total. The minimum Gasteiger partial charge on any atom is -0.372 e. The van der Waals surface area contributed by atoms with Crippen molar-refractivity contribution in [3.63, 3.8) is 0 Å². The quantitative estimate of drug-likeness (QED) is 0.762. The minimum atomic E-state index is 0.782. The predicted molar refractivity (Wildman–Crippen MR) is 63.5 cm³/mol. The Kier molecular flexibility index (Phi) is 2.14. The predicted octanol–water partition coefficient (Wildman–Crippen LogP) is 0.758. The highest BCUT2D eigenvalue weighted by Gasteiger charge is 2.11. The Morgan fingerprint density at radius 2 is 1.50 bits per heavy atom. The summed E-state index contributed by atoms with van der Waals surface area (Å²) in [5.41, 5.74) is 0. The van der Waals surface area contributed by atoms with Crippen molar-refractivity contribution in [1.29, 1.82) is 0 Å². The van der Waals surface area contributed by atoms with Crippen molar-refractivity contribution in [2.24, 2.45) is 0 Å². The van der Waals surface area contributed by atoms with Gasteiger partial charge in [-0.2, -0.15) is 0 Å². The standard InChI is InChI=1S/C11H13N5/c1-2-10(15-6-4-12-8-15)14-11(3-1)16-7-5-13-9-16/h1-7,12-13H,8-9H2. The van der Waals surface area contributed by atoms with Crippen molar-refractivity contribution in [3.05, 3.63) is 43.0 Å². The molecular weight excluding hydrogens is 202 g/mol. The molecule has 3 rings (SSSR count). The SMILES string of the molecule is C1=CN(c2cccc(N3C=CNC3)n2)CN1. The number of aromatic nitrogens is 1. The fourth-order valence-electron chi connectivity index (χ4n) is 1.74. The van der Waals surface area contributed by atoms with Crippen LogP contribution in [0.2, 0.25) is 0 Å². The van der Waals surface area contributed by atoms with Gasteiger partial charge in [-0.05, 0) is 12.1 Å². The molecule has 5 heteroatoms. The van der Waals surface area contributed by atoms with Gasteiger partial charge in [0, 0.05) is 24.8 Å². The highest BCUT2D eigenvalue weighted by Crippen LogP contribution is 2.19. The lowest BCUT2D eigenvalue weighted by Crippen LogP contribution is -2.23. The van der Waals surface area contributed by atoms with Gasteiger partial charge in [0.15, 0.2) is 0 Å². The summed E-state index contributed by atoms with van der Waals surface area (Å²) in [6.45, 7) is 1.56. The van der Waals surface area contributed by atoms with E-state index >= 15 is 0 Å². The number of hydrogen-bond acceptors (Lipinski definition) is 5. The summed E-state index contributed by atoms with van der Waals surface area (Å²) in [5.74, 6) is 1.91. The van der Waals surface area contributed by atoms with Gasteiger partial charge in [0.25, 0.3) is 0 Å². The molecule has 0 unspecified atom stereocenters. The maximum Gasteiger partial charge on any atom is 0.136 e. The van der Waals surface area contributed by atoms with Crippen LogP contribution in [0.25, 0.3) is 0 Å². The fourth-order valence-corrected chi connectivity index (χ4v) is 1.74. The summed E-state index contributed by atoms with van der Waals surface area (Å²) in [5, 5.41) is 6.25. The lowest BCUT2D eigenvalue weighted by atomic mass is 10.4. The maximum atomic E-state index is 4.61. The van der Waals surface area contributed by atoms with E-state index in [4.69, 9.17) is 0 Å². The van der Waals surface area contributed by atoms with Crippen molar-refractivity contribution < 1.29 is 0 Å². The summed E-state index contributed by atoms with van der Waals surface area (Å²) in [6.07, 6.45) is 7.83. The first-order valence-electron chi connectivity index (χ1n) is 5.24. The molecule has 1 aromatic heterocycles. The van der Waals surface area contributed by atoms with Gasteiger partial charge in [-0.1, -0.05) is 6.07 Å². The van der Waals surface area contributed by atoms with Crippen LogP contribution in [-0.2, 0) is 0 Å². The van der Waals surface area contributed by atoms with Crippen molar-refractivity contribution in [2.45, 2.75) is 0 Å². The lowest BCUT2D eigenvalue weighted by molar-refractivity contribution is 0.867. The summed E-state index contributed by atoms with van der Waals surface area (Å²) in [7, 11) is 0. The first-order chi connectivity index (χ1) is 7.93. The van der Waals surface area contributed by atoms with E-state index in [9.17, 15) is 0 Å². The number of rotatable bonds is 2. The molecule has 0 bridgehead atoms. The average Bonchev–Trinajstić information content (AvgIpc) is 3.03. The van der Waals surface area contributed by atoms with Gasteiger partial charge in [0.2, 0.25) is 0 Å². The molecule has 0 fully saturated rings. The zero-order valence-corrected chi connectivity index (χ0v) is 8.80. The van der Waals surface area contributed by atoms with Crippen LogP contribution in [0.15, 0.2) is 43.0 Å². The number of pyridine rings is 1. The van der Waals surface area contributed by atoms with E-state index in [1.165, 1.54) is 0 Å². The minimum absolute atomic E-state index is 0.782. The third kappa shape index (κ3) is 1.56. The summed E-state index contributed by atoms with van der Waals surface area (Å²) >= 11 is 0. The zero-order valence-electron chi connectivity index (χ0n) is 8.80. The van der Waals surface area contributed by atoms with Crippen molar-refractivity contribution in [2.75, 3.05) is 23.1 Å². The van der Waals surface area contributed by atoms with Gasteiger partial charge >= 0.3 is 0 Å². The molecule has 0 saturated carbocycles. The molecule has 0 aromatic carbocycles. The first-order valence-corrected chi connectivity index (χ1v) is 5.24. The molecule has 2 aliphatic rings. The van der Waals surface area contributed by atoms with Gasteiger partial charge in [0.1, 0.15) is 11.6 Å². The van der Waals surface area contributed by atoms with E-state index in [-0.39, 0.29) is 0 Å². The van der Waals surface area contributed by atoms with Crippen molar-refractivity contribution in [1.82, 2.24) is 15.6 Å². The largest absolute Gasteiger partial charge is 0.372 e. The lowest BCUT2D eigenvalue weighted by Gasteiger charge is -2.18. The Labute approximate surface area is 94.1 Å². The molecule has 82 valence electrons. The second kappa shape index (κ2) is 3.77. The molecule has 16 heavy (non-hydrogen) atoms. The van der Waals surface area contributed by atoms with Gasteiger partial charge < -0.3 is 20.4 Å². The van der Waals surface area contributed by atoms with Gasteiger partial charge in [-0.15, -0.1) is 0 Å². The molecule has 3 heterocycles. The van der Waals surface area contributed by atoms with Crippen LogP contribution in [0.4, 0.5) is 11.6 Å². The number of nitrogens with one attached hydrogen (secondary N) is 2. The summed E-state index contributed by atoms with van der Waals surface area (Å²) in [4.78, 5) is 8.74. The Hall–Kier alpha value is -2.17. The van der Waals surface area contributed by atoms with E-state index < -0.39 is 0 Å². The van der Waals surface area contributed by atoms with Gasteiger partial charge in [0.05, 0.1) is 13.3 Å². The van der Waals surface area contributed by atoms with Crippen LogP contribution < -0.4 is 20.4 Å². The van der Waals surface area contributed by atoms with Crippen LogP contribution in [-0.4, -0.2) is 18.3 Å². The maximum absolute atomic E-state index is 4.61. The van der Waals surface area contributed by atoms with Crippen LogP contribution in [0, 0.1) is 0 Å². The third-order valence-corrected chi connectivity index (χ3v) is 2.58.